The highest BCUT2D eigenvalue weighted by molar-refractivity contribution is 7.85. The Hall–Kier alpha value is -1.67. The molecular weight excluding hydrogens is 262 g/mol. The van der Waals surface area contributed by atoms with Gasteiger partial charge in [0.25, 0.3) is 0 Å². The summed E-state index contributed by atoms with van der Waals surface area (Å²) in [5.74, 6) is -0.558. The summed E-state index contributed by atoms with van der Waals surface area (Å²) >= 11 is 0. The van der Waals surface area contributed by atoms with Crippen molar-refractivity contribution in [3.05, 3.63) is 29.3 Å². The quantitative estimate of drug-likeness (QED) is 0.896. The fraction of sp³-hybridized carbons (Fsp3) is 0.429. The van der Waals surface area contributed by atoms with Gasteiger partial charge in [0.05, 0.1) is 22.4 Å². The van der Waals surface area contributed by atoms with E-state index >= 15 is 0 Å². The van der Waals surface area contributed by atoms with Crippen molar-refractivity contribution in [1.82, 2.24) is 0 Å². The largest absolute Gasteiger partial charge is 0.478 e. The maximum absolute atomic E-state index is 12.3. The van der Waals surface area contributed by atoms with Gasteiger partial charge in [0.1, 0.15) is 0 Å². The maximum atomic E-state index is 12.3. The van der Waals surface area contributed by atoms with Gasteiger partial charge in [-0.3, -0.25) is 4.21 Å². The predicted octanol–water partition coefficient (Wildman–Crippen LogP) is 2.49. The SMILES string of the molecule is Cc1ccc(S(=O)CC2(CC#N)CC2)cc1C(=O)O. The first-order valence-electron chi connectivity index (χ1n) is 6.07. The summed E-state index contributed by atoms with van der Waals surface area (Å²) < 4.78 is 12.3. The standard InChI is InChI=1S/C14H15NO3S/c1-10-2-3-11(8-12(10)13(16)17)19(18)9-14(4-5-14)6-7-15/h2-3,8H,4-6,9H2,1H3,(H,16,17). The van der Waals surface area contributed by atoms with Crippen molar-refractivity contribution >= 4 is 16.8 Å². The molecule has 0 aliphatic heterocycles. The fourth-order valence-electron chi connectivity index (χ4n) is 2.05. The van der Waals surface area contributed by atoms with Gasteiger partial charge in [-0.2, -0.15) is 5.26 Å². The van der Waals surface area contributed by atoms with Crippen LogP contribution in [-0.2, 0) is 10.8 Å². The normalized spacial score (nSPS) is 17.5. The number of hydrogen-bond acceptors (Lipinski definition) is 3. The minimum Gasteiger partial charge on any atom is -0.478 e. The van der Waals surface area contributed by atoms with Crippen LogP contribution in [0, 0.1) is 23.7 Å². The first-order valence-corrected chi connectivity index (χ1v) is 7.39. The average molecular weight is 277 g/mol. The molecule has 2 rings (SSSR count). The molecular formula is C14H15NO3S. The van der Waals surface area contributed by atoms with Gasteiger partial charge in [-0.25, -0.2) is 4.79 Å². The van der Waals surface area contributed by atoms with E-state index in [2.05, 4.69) is 6.07 Å². The molecule has 0 saturated heterocycles. The third-order valence-electron chi connectivity index (χ3n) is 3.55. The number of aryl methyl sites for hydroxylation is 1. The highest BCUT2D eigenvalue weighted by atomic mass is 32.2. The number of benzene rings is 1. The molecule has 19 heavy (non-hydrogen) atoms. The number of carbonyl (C=O) groups is 1. The highest BCUT2D eigenvalue weighted by Crippen LogP contribution is 2.49. The van der Waals surface area contributed by atoms with Crippen LogP contribution in [0.4, 0.5) is 0 Å². The lowest BCUT2D eigenvalue weighted by Crippen LogP contribution is -2.12. The second-order valence-electron chi connectivity index (χ2n) is 5.11. The second kappa shape index (κ2) is 5.14. The Morgan fingerprint density at radius 1 is 1.53 bits per heavy atom. The van der Waals surface area contributed by atoms with E-state index in [-0.39, 0.29) is 11.0 Å². The summed E-state index contributed by atoms with van der Waals surface area (Å²) in [7, 11) is -1.24. The van der Waals surface area contributed by atoms with Crippen LogP contribution in [0.5, 0.6) is 0 Å². The number of carboxylic acid groups (broad SMARTS) is 1. The van der Waals surface area contributed by atoms with Gasteiger partial charge in [-0.1, -0.05) is 6.07 Å². The molecule has 1 fully saturated rings. The number of rotatable bonds is 5. The van der Waals surface area contributed by atoms with E-state index in [4.69, 9.17) is 10.4 Å². The van der Waals surface area contributed by atoms with E-state index in [1.165, 1.54) is 6.07 Å². The Morgan fingerprint density at radius 3 is 2.74 bits per heavy atom. The van der Waals surface area contributed by atoms with Crippen molar-refractivity contribution in [2.75, 3.05) is 5.75 Å². The number of nitriles is 1. The van der Waals surface area contributed by atoms with Crippen LogP contribution in [0.2, 0.25) is 0 Å². The Kier molecular flexibility index (Phi) is 3.72. The Bertz CT molecular complexity index is 585. The van der Waals surface area contributed by atoms with Crippen molar-refractivity contribution in [2.24, 2.45) is 5.41 Å². The summed E-state index contributed by atoms with van der Waals surface area (Å²) in [6.07, 6.45) is 2.30. The van der Waals surface area contributed by atoms with E-state index in [0.29, 0.717) is 22.6 Å². The second-order valence-corrected chi connectivity index (χ2v) is 6.56. The van der Waals surface area contributed by atoms with Crippen LogP contribution in [-0.4, -0.2) is 21.0 Å². The number of carboxylic acids is 1. The molecule has 0 aromatic heterocycles. The Labute approximate surface area is 114 Å². The number of aromatic carboxylic acids is 1. The zero-order valence-corrected chi connectivity index (χ0v) is 11.5. The van der Waals surface area contributed by atoms with Gasteiger partial charge in [0.15, 0.2) is 0 Å². The lowest BCUT2D eigenvalue weighted by Gasteiger charge is -2.11. The lowest BCUT2D eigenvalue weighted by atomic mass is 10.1. The van der Waals surface area contributed by atoms with Crippen molar-refractivity contribution in [2.45, 2.75) is 31.1 Å². The minimum atomic E-state index is -1.24. The number of hydrogen-bond donors (Lipinski definition) is 1. The maximum Gasteiger partial charge on any atom is 0.335 e. The molecule has 100 valence electrons. The molecule has 5 heteroatoms. The summed E-state index contributed by atoms with van der Waals surface area (Å²) in [6, 6.07) is 7.01. The first-order chi connectivity index (χ1) is 8.97. The van der Waals surface area contributed by atoms with Crippen molar-refractivity contribution in [3.8, 4) is 6.07 Å². The Morgan fingerprint density at radius 2 is 2.21 bits per heavy atom. The van der Waals surface area contributed by atoms with Gasteiger partial charge in [-0.15, -0.1) is 0 Å². The first kappa shape index (κ1) is 13.8. The van der Waals surface area contributed by atoms with Gasteiger partial charge >= 0.3 is 5.97 Å². The third-order valence-corrected chi connectivity index (χ3v) is 5.21. The van der Waals surface area contributed by atoms with Gasteiger partial charge < -0.3 is 5.11 Å². The lowest BCUT2D eigenvalue weighted by molar-refractivity contribution is 0.0696. The summed E-state index contributed by atoms with van der Waals surface area (Å²) in [5.41, 5.74) is 0.746. The molecule has 4 nitrogen and oxygen atoms in total. The van der Waals surface area contributed by atoms with Crippen molar-refractivity contribution in [3.63, 3.8) is 0 Å². The summed E-state index contributed by atoms with van der Waals surface area (Å²) in [5, 5.41) is 17.8. The van der Waals surface area contributed by atoms with Gasteiger partial charge in [0, 0.05) is 17.1 Å². The Balaban J connectivity index is 2.19. The molecule has 1 aliphatic rings. The van der Waals surface area contributed by atoms with E-state index in [0.717, 1.165) is 12.8 Å². The predicted molar refractivity (Wildman–Crippen MR) is 71.3 cm³/mol. The van der Waals surface area contributed by atoms with E-state index in [1.807, 2.05) is 0 Å². The molecule has 1 saturated carbocycles. The van der Waals surface area contributed by atoms with Crippen LogP contribution in [0.3, 0.4) is 0 Å². The van der Waals surface area contributed by atoms with Gasteiger partial charge in [-0.05, 0) is 42.9 Å². The topological polar surface area (TPSA) is 78.2 Å². The number of nitrogens with zero attached hydrogens (tertiary/aromatic N) is 1. The summed E-state index contributed by atoms with van der Waals surface area (Å²) in [4.78, 5) is 11.6. The molecule has 1 aromatic rings. The molecule has 0 heterocycles. The van der Waals surface area contributed by atoms with Crippen LogP contribution < -0.4 is 0 Å². The summed E-state index contributed by atoms with van der Waals surface area (Å²) in [6.45, 7) is 1.72. The van der Waals surface area contributed by atoms with E-state index < -0.39 is 16.8 Å². The molecule has 0 amide bonds. The smallest absolute Gasteiger partial charge is 0.335 e. The average Bonchev–Trinajstić information content (AvgIpc) is 3.09. The highest BCUT2D eigenvalue weighted by Gasteiger charge is 2.43. The molecule has 1 unspecified atom stereocenters. The van der Waals surface area contributed by atoms with E-state index in [1.54, 1.807) is 19.1 Å². The van der Waals surface area contributed by atoms with E-state index in [9.17, 15) is 9.00 Å². The zero-order valence-electron chi connectivity index (χ0n) is 10.7. The third kappa shape index (κ3) is 3.02. The zero-order chi connectivity index (χ0) is 14.0. The fourth-order valence-corrected chi connectivity index (χ4v) is 3.63. The van der Waals surface area contributed by atoms with Crippen LogP contribution in [0.15, 0.2) is 23.1 Å². The van der Waals surface area contributed by atoms with Crippen molar-refractivity contribution in [1.29, 1.82) is 5.26 Å². The molecule has 0 radical (unpaired) electrons. The molecule has 1 N–H and O–H groups in total. The van der Waals surface area contributed by atoms with Crippen LogP contribution >= 0.6 is 0 Å². The molecule has 1 atom stereocenters. The van der Waals surface area contributed by atoms with Gasteiger partial charge in [0.2, 0.25) is 0 Å². The van der Waals surface area contributed by atoms with Crippen LogP contribution in [0.1, 0.15) is 35.2 Å². The molecule has 1 aliphatic carbocycles. The molecule has 0 bridgehead atoms. The minimum absolute atomic E-state index is 0.103. The monoisotopic (exact) mass is 277 g/mol. The van der Waals surface area contributed by atoms with Crippen molar-refractivity contribution < 1.29 is 14.1 Å². The van der Waals surface area contributed by atoms with Crippen LogP contribution in [0.25, 0.3) is 0 Å². The molecule has 1 aromatic carbocycles. The molecule has 0 spiro atoms.